The molecule has 0 spiro atoms. The molecule has 0 bridgehead atoms. The highest BCUT2D eigenvalue weighted by molar-refractivity contribution is 7.99. The molecule has 3 nitrogen and oxygen atoms in total. The van der Waals surface area contributed by atoms with Gasteiger partial charge in [0.1, 0.15) is 0 Å². The molecule has 0 aliphatic rings. The van der Waals surface area contributed by atoms with Gasteiger partial charge in [0.2, 0.25) is 0 Å². The Morgan fingerprint density at radius 3 is 2.28 bits per heavy atom. The predicted molar refractivity (Wildman–Crippen MR) is 77.2 cm³/mol. The third-order valence-corrected chi connectivity index (χ3v) is 3.91. The predicted octanol–water partition coefficient (Wildman–Crippen LogP) is 5.05. The van der Waals surface area contributed by atoms with Crippen LogP contribution < -0.4 is 0 Å². The van der Waals surface area contributed by atoms with Gasteiger partial charge in [0.15, 0.2) is 0 Å². The molecule has 0 aromatic heterocycles. The number of hydrogen-bond acceptors (Lipinski definition) is 3. The largest absolute Gasteiger partial charge is 0.269 e. The number of non-ortho nitro benzene ring substituents is 1. The SMILES string of the molecule is CCCCCCCCSc1ccc([N+](=O)[O-])cc1. The zero-order valence-corrected chi connectivity index (χ0v) is 11.7. The first-order valence-corrected chi connectivity index (χ1v) is 7.60. The first-order chi connectivity index (χ1) is 8.74. The first-order valence-electron chi connectivity index (χ1n) is 6.61. The molecule has 0 amide bonds. The molecule has 0 aliphatic heterocycles. The number of rotatable bonds is 9. The van der Waals surface area contributed by atoms with Gasteiger partial charge in [0, 0.05) is 17.0 Å². The van der Waals surface area contributed by atoms with Gasteiger partial charge < -0.3 is 0 Å². The maximum atomic E-state index is 10.5. The summed E-state index contributed by atoms with van der Waals surface area (Å²) in [5, 5.41) is 10.5. The maximum Gasteiger partial charge on any atom is 0.269 e. The zero-order chi connectivity index (χ0) is 13.2. The Hall–Kier alpha value is -1.03. The average molecular weight is 267 g/mol. The summed E-state index contributed by atoms with van der Waals surface area (Å²) in [4.78, 5) is 11.3. The van der Waals surface area contributed by atoms with Crippen molar-refractivity contribution >= 4 is 17.4 Å². The summed E-state index contributed by atoms with van der Waals surface area (Å²) >= 11 is 1.78. The minimum absolute atomic E-state index is 0.166. The fraction of sp³-hybridized carbons (Fsp3) is 0.571. The van der Waals surface area contributed by atoms with Crippen molar-refractivity contribution in [1.29, 1.82) is 0 Å². The molecule has 100 valence electrons. The number of benzene rings is 1. The Bertz CT molecular complexity index is 351. The van der Waals surface area contributed by atoms with Crippen LogP contribution in [0.1, 0.15) is 45.4 Å². The van der Waals surface area contributed by atoms with E-state index in [-0.39, 0.29) is 10.6 Å². The van der Waals surface area contributed by atoms with Crippen LogP contribution in [0.4, 0.5) is 5.69 Å². The lowest BCUT2D eigenvalue weighted by molar-refractivity contribution is -0.384. The van der Waals surface area contributed by atoms with Crippen LogP contribution in [-0.2, 0) is 0 Å². The Morgan fingerprint density at radius 1 is 1.06 bits per heavy atom. The monoisotopic (exact) mass is 267 g/mol. The molecule has 0 atom stereocenters. The molecule has 1 aromatic carbocycles. The molecule has 1 aromatic rings. The maximum absolute atomic E-state index is 10.5. The smallest absolute Gasteiger partial charge is 0.258 e. The molecule has 0 heterocycles. The van der Waals surface area contributed by atoms with E-state index in [1.165, 1.54) is 38.5 Å². The van der Waals surface area contributed by atoms with E-state index in [1.807, 2.05) is 12.1 Å². The second-order valence-electron chi connectivity index (χ2n) is 4.37. The van der Waals surface area contributed by atoms with Crippen molar-refractivity contribution in [2.75, 3.05) is 5.75 Å². The van der Waals surface area contributed by atoms with Crippen LogP contribution in [0, 0.1) is 10.1 Å². The van der Waals surface area contributed by atoms with Crippen LogP contribution in [0.3, 0.4) is 0 Å². The normalized spacial score (nSPS) is 10.5. The molecule has 0 aliphatic carbocycles. The van der Waals surface area contributed by atoms with Crippen molar-refractivity contribution in [1.82, 2.24) is 0 Å². The van der Waals surface area contributed by atoms with E-state index in [0.717, 1.165) is 10.6 Å². The van der Waals surface area contributed by atoms with Gasteiger partial charge in [-0.3, -0.25) is 10.1 Å². The Kier molecular flexibility index (Phi) is 7.49. The lowest BCUT2D eigenvalue weighted by atomic mass is 10.1. The summed E-state index contributed by atoms with van der Waals surface area (Å²) in [6.45, 7) is 2.23. The number of nitrogens with zero attached hydrogens (tertiary/aromatic N) is 1. The number of nitro benzene ring substituents is 1. The van der Waals surface area contributed by atoms with Crippen LogP contribution in [0.2, 0.25) is 0 Å². The standard InChI is InChI=1S/C14H21NO2S/c1-2-3-4-5-6-7-12-18-14-10-8-13(9-11-14)15(16)17/h8-11H,2-7,12H2,1H3. The van der Waals surface area contributed by atoms with E-state index in [0.29, 0.717) is 0 Å². The second-order valence-corrected chi connectivity index (χ2v) is 5.54. The van der Waals surface area contributed by atoms with Gasteiger partial charge in [0.05, 0.1) is 4.92 Å². The van der Waals surface area contributed by atoms with E-state index in [2.05, 4.69) is 6.92 Å². The van der Waals surface area contributed by atoms with Crippen molar-refractivity contribution < 1.29 is 4.92 Å². The van der Waals surface area contributed by atoms with Crippen LogP contribution in [0.5, 0.6) is 0 Å². The van der Waals surface area contributed by atoms with Crippen molar-refractivity contribution in [3.63, 3.8) is 0 Å². The molecule has 0 radical (unpaired) electrons. The summed E-state index contributed by atoms with van der Waals surface area (Å²) in [6.07, 6.45) is 7.83. The average Bonchev–Trinajstić information content (AvgIpc) is 2.38. The van der Waals surface area contributed by atoms with Gasteiger partial charge in [-0.25, -0.2) is 0 Å². The van der Waals surface area contributed by atoms with Gasteiger partial charge in [-0.1, -0.05) is 39.0 Å². The fourth-order valence-corrected chi connectivity index (χ4v) is 2.65. The van der Waals surface area contributed by atoms with Gasteiger partial charge in [-0.2, -0.15) is 0 Å². The number of thioether (sulfide) groups is 1. The lowest BCUT2D eigenvalue weighted by Crippen LogP contribution is -1.87. The van der Waals surface area contributed by atoms with Crippen LogP contribution in [-0.4, -0.2) is 10.7 Å². The molecule has 4 heteroatoms. The zero-order valence-electron chi connectivity index (χ0n) is 10.9. The Balaban J connectivity index is 2.14. The minimum Gasteiger partial charge on any atom is -0.258 e. The lowest BCUT2D eigenvalue weighted by Gasteiger charge is -2.02. The van der Waals surface area contributed by atoms with Crippen molar-refractivity contribution in [2.24, 2.45) is 0 Å². The summed E-state index contributed by atoms with van der Waals surface area (Å²) in [5.41, 5.74) is 0.166. The highest BCUT2D eigenvalue weighted by Crippen LogP contribution is 2.22. The molecule has 0 unspecified atom stereocenters. The van der Waals surface area contributed by atoms with Gasteiger partial charge in [0.25, 0.3) is 5.69 Å². The third-order valence-electron chi connectivity index (χ3n) is 2.81. The molecular weight excluding hydrogens is 246 g/mol. The fourth-order valence-electron chi connectivity index (χ4n) is 1.74. The van der Waals surface area contributed by atoms with Crippen molar-refractivity contribution in [2.45, 2.75) is 50.3 Å². The molecule has 0 saturated heterocycles. The topological polar surface area (TPSA) is 43.1 Å². The van der Waals surface area contributed by atoms with Gasteiger partial charge in [-0.15, -0.1) is 11.8 Å². The van der Waals surface area contributed by atoms with Gasteiger partial charge in [-0.05, 0) is 24.3 Å². The minimum atomic E-state index is -0.359. The van der Waals surface area contributed by atoms with Crippen LogP contribution in [0.15, 0.2) is 29.2 Å². The van der Waals surface area contributed by atoms with E-state index in [4.69, 9.17) is 0 Å². The van der Waals surface area contributed by atoms with E-state index in [9.17, 15) is 10.1 Å². The van der Waals surface area contributed by atoms with E-state index in [1.54, 1.807) is 23.9 Å². The number of hydrogen-bond donors (Lipinski definition) is 0. The van der Waals surface area contributed by atoms with Crippen molar-refractivity contribution in [3.05, 3.63) is 34.4 Å². The quantitative estimate of drug-likeness (QED) is 0.272. The number of nitro groups is 1. The Morgan fingerprint density at radius 2 is 1.67 bits per heavy atom. The highest BCUT2D eigenvalue weighted by Gasteiger charge is 2.03. The van der Waals surface area contributed by atoms with Gasteiger partial charge >= 0.3 is 0 Å². The van der Waals surface area contributed by atoms with Crippen LogP contribution >= 0.6 is 11.8 Å². The highest BCUT2D eigenvalue weighted by atomic mass is 32.2. The molecule has 1 rings (SSSR count). The summed E-state index contributed by atoms with van der Waals surface area (Å²) in [7, 11) is 0. The van der Waals surface area contributed by atoms with Crippen LogP contribution in [0.25, 0.3) is 0 Å². The summed E-state index contributed by atoms with van der Waals surface area (Å²) in [6, 6.07) is 6.81. The summed E-state index contributed by atoms with van der Waals surface area (Å²) in [5.74, 6) is 1.10. The molecule has 0 fully saturated rings. The van der Waals surface area contributed by atoms with E-state index >= 15 is 0 Å². The van der Waals surface area contributed by atoms with Crippen molar-refractivity contribution in [3.8, 4) is 0 Å². The first kappa shape index (κ1) is 15.0. The van der Waals surface area contributed by atoms with E-state index < -0.39 is 0 Å². The molecule has 0 saturated carbocycles. The number of unbranched alkanes of at least 4 members (excludes halogenated alkanes) is 5. The molecule has 18 heavy (non-hydrogen) atoms. The second kappa shape index (κ2) is 8.97. The molecule has 0 N–H and O–H groups in total. The third kappa shape index (κ3) is 6.05. The molecular formula is C14H21NO2S. The Labute approximate surface area is 113 Å². The summed E-state index contributed by atoms with van der Waals surface area (Å²) < 4.78 is 0.